The van der Waals surface area contributed by atoms with Crippen LogP contribution in [0, 0.1) is 0 Å². The van der Waals surface area contributed by atoms with Crippen LogP contribution in [-0.4, -0.2) is 24.3 Å². The molecule has 1 aromatic carbocycles. The third kappa shape index (κ3) is 3.65. The van der Waals surface area contributed by atoms with Gasteiger partial charge in [0, 0.05) is 23.9 Å². The first-order chi connectivity index (χ1) is 10.5. The number of carbonyl (C=O) groups is 2. The van der Waals surface area contributed by atoms with Crippen molar-refractivity contribution in [1.29, 1.82) is 0 Å². The molecule has 6 nitrogen and oxygen atoms in total. The van der Waals surface area contributed by atoms with Gasteiger partial charge in [-0.1, -0.05) is 0 Å². The second kappa shape index (κ2) is 7.09. The summed E-state index contributed by atoms with van der Waals surface area (Å²) in [5.74, 6) is -0.555. The molecule has 0 spiro atoms. The molecule has 0 saturated heterocycles. The molecule has 0 bridgehead atoms. The van der Waals surface area contributed by atoms with E-state index in [1.807, 2.05) is 0 Å². The van der Waals surface area contributed by atoms with Gasteiger partial charge in [0.25, 0.3) is 5.91 Å². The number of rotatable bonds is 5. The summed E-state index contributed by atoms with van der Waals surface area (Å²) >= 11 is 5.45. The Kier molecular flexibility index (Phi) is 5.16. The lowest BCUT2D eigenvalue weighted by atomic mass is 10.1. The average Bonchev–Trinajstić information content (AvgIpc) is 2.46. The molecule has 116 valence electrons. The van der Waals surface area contributed by atoms with Gasteiger partial charge in [0.1, 0.15) is 16.9 Å². The van der Waals surface area contributed by atoms with Crippen molar-refractivity contribution in [1.82, 2.24) is 5.32 Å². The van der Waals surface area contributed by atoms with Crippen molar-refractivity contribution < 1.29 is 18.7 Å². The number of hydrogen-bond acceptors (Lipinski definition) is 5. The van der Waals surface area contributed by atoms with Gasteiger partial charge in [0.2, 0.25) is 0 Å². The molecule has 0 aliphatic carbocycles. The monoisotopic (exact) mass is 323 g/mol. The van der Waals surface area contributed by atoms with E-state index in [-0.39, 0.29) is 29.2 Å². The molecule has 1 aromatic heterocycles. The number of halogens is 1. The van der Waals surface area contributed by atoms with Crippen molar-refractivity contribution in [3.8, 4) is 5.75 Å². The van der Waals surface area contributed by atoms with Crippen LogP contribution in [0.3, 0.4) is 0 Å². The van der Waals surface area contributed by atoms with E-state index >= 15 is 0 Å². The van der Waals surface area contributed by atoms with Crippen LogP contribution in [0.1, 0.15) is 23.7 Å². The second-order valence-corrected chi connectivity index (χ2v) is 4.80. The molecule has 1 amide bonds. The lowest BCUT2D eigenvalue weighted by Crippen LogP contribution is -2.27. The molecule has 7 heteroatoms. The molecular formula is C15H14ClNO5. The molecule has 1 N–H and O–H groups in total. The summed E-state index contributed by atoms with van der Waals surface area (Å²) in [6, 6.07) is 6.02. The summed E-state index contributed by atoms with van der Waals surface area (Å²) in [4.78, 5) is 35.0. The van der Waals surface area contributed by atoms with Crippen molar-refractivity contribution in [3.05, 3.63) is 40.2 Å². The lowest BCUT2D eigenvalue weighted by Gasteiger charge is -2.05. The zero-order valence-corrected chi connectivity index (χ0v) is 12.6. The molecule has 0 unspecified atom stereocenters. The molecule has 2 aromatic rings. The predicted octanol–water partition coefficient (Wildman–Crippen LogP) is 2.08. The SMILES string of the molecule is CCNC(=O)c1cc2ccc(OC(=O)CCCl)cc2oc1=O. The van der Waals surface area contributed by atoms with Crippen molar-refractivity contribution in [2.45, 2.75) is 13.3 Å². The van der Waals surface area contributed by atoms with E-state index in [4.69, 9.17) is 20.8 Å². The highest BCUT2D eigenvalue weighted by molar-refractivity contribution is 6.18. The summed E-state index contributed by atoms with van der Waals surface area (Å²) in [7, 11) is 0. The number of carbonyl (C=O) groups excluding carboxylic acids is 2. The molecular weight excluding hydrogens is 310 g/mol. The van der Waals surface area contributed by atoms with Crippen LogP contribution < -0.4 is 15.7 Å². The maximum absolute atomic E-state index is 11.8. The third-order valence-corrected chi connectivity index (χ3v) is 3.01. The molecule has 0 aliphatic heterocycles. The lowest BCUT2D eigenvalue weighted by molar-refractivity contribution is -0.133. The zero-order chi connectivity index (χ0) is 16.1. The van der Waals surface area contributed by atoms with Gasteiger partial charge >= 0.3 is 11.6 Å². The Morgan fingerprint density at radius 1 is 1.32 bits per heavy atom. The van der Waals surface area contributed by atoms with E-state index in [0.29, 0.717) is 11.9 Å². The van der Waals surface area contributed by atoms with E-state index in [9.17, 15) is 14.4 Å². The fourth-order valence-corrected chi connectivity index (χ4v) is 1.98. The zero-order valence-electron chi connectivity index (χ0n) is 11.8. The first kappa shape index (κ1) is 16.0. The van der Waals surface area contributed by atoms with Crippen molar-refractivity contribution in [3.63, 3.8) is 0 Å². The fourth-order valence-electron chi connectivity index (χ4n) is 1.83. The number of nitrogens with one attached hydrogen (secondary N) is 1. The Hall–Kier alpha value is -2.34. The molecule has 0 aliphatic rings. The minimum Gasteiger partial charge on any atom is -0.426 e. The second-order valence-electron chi connectivity index (χ2n) is 4.42. The highest BCUT2D eigenvalue weighted by atomic mass is 35.5. The standard InChI is InChI=1S/C15H14ClNO5/c1-2-17-14(19)11-7-9-3-4-10(21-13(18)5-6-16)8-12(9)22-15(11)20/h3-4,7-8H,2,5-6H2,1H3,(H,17,19). The average molecular weight is 324 g/mol. The highest BCUT2D eigenvalue weighted by Crippen LogP contribution is 2.21. The first-order valence-electron chi connectivity index (χ1n) is 6.68. The van der Waals surface area contributed by atoms with Gasteiger partial charge in [-0.05, 0) is 25.1 Å². The Labute approximate surface area is 131 Å². The van der Waals surface area contributed by atoms with Gasteiger partial charge in [-0.2, -0.15) is 0 Å². The number of alkyl halides is 1. The van der Waals surface area contributed by atoms with Gasteiger partial charge in [-0.25, -0.2) is 4.79 Å². The molecule has 0 atom stereocenters. The molecule has 2 rings (SSSR count). The number of esters is 1. The molecule has 0 fully saturated rings. The minimum atomic E-state index is -0.748. The van der Waals surface area contributed by atoms with Crippen molar-refractivity contribution in [2.24, 2.45) is 0 Å². The summed E-state index contributed by atoms with van der Waals surface area (Å²) in [5.41, 5.74) is -0.585. The van der Waals surface area contributed by atoms with Crippen LogP contribution in [0.5, 0.6) is 5.75 Å². The molecule has 0 saturated carbocycles. The van der Waals surface area contributed by atoms with Crippen LogP contribution in [0.15, 0.2) is 33.5 Å². The van der Waals surface area contributed by atoms with Gasteiger partial charge < -0.3 is 14.5 Å². The van der Waals surface area contributed by atoms with E-state index in [2.05, 4.69) is 5.32 Å². The number of ether oxygens (including phenoxy) is 1. The van der Waals surface area contributed by atoms with Gasteiger partial charge in [0.15, 0.2) is 0 Å². The number of fused-ring (bicyclic) bond motifs is 1. The number of amides is 1. The van der Waals surface area contributed by atoms with Crippen molar-refractivity contribution in [2.75, 3.05) is 12.4 Å². The smallest absolute Gasteiger partial charge is 0.349 e. The van der Waals surface area contributed by atoms with Crippen LogP contribution in [0.25, 0.3) is 11.0 Å². The van der Waals surface area contributed by atoms with E-state index in [1.54, 1.807) is 19.1 Å². The minimum absolute atomic E-state index is 0.0683. The van der Waals surface area contributed by atoms with Crippen LogP contribution in [0.2, 0.25) is 0 Å². The Morgan fingerprint density at radius 2 is 2.09 bits per heavy atom. The van der Waals surface area contributed by atoms with Crippen LogP contribution in [-0.2, 0) is 4.79 Å². The molecule has 1 heterocycles. The maximum Gasteiger partial charge on any atom is 0.349 e. The summed E-state index contributed by atoms with van der Waals surface area (Å²) < 4.78 is 10.2. The predicted molar refractivity (Wildman–Crippen MR) is 81.5 cm³/mol. The fraction of sp³-hybridized carbons (Fsp3) is 0.267. The largest absolute Gasteiger partial charge is 0.426 e. The van der Waals surface area contributed by atoms with Gasteiger partial charge in [-0.15, -0.1) is 11.6 Å². The highest BCUT2D eigenvalue weighted by Gasteiger charge is 2.13. The number of benzene rings is 1. The normalized spacial score (nSPS) is 10.5. The van der Waals surface area contributed by atoms with Crippen LogP contribution in [0.4, 0.5) is 0 Å². The van der Waals surface area contributed by atoms with E-state index < -0.39 is 17.5 Å². The van der Waals surface area contributed by atoms with Crippen molar-refractivity contribution >= 4 is 34.4 Å². The summed E-state index contributed by atoms with van der Waals surface area (Å²) in [6.45, 7) is 2.16. The third-order valence-electron chi connectivity index (χ3n) is 2.82. The topological polar surface area (TPSA) is 85.6 Å². The Bertz CT molecular complexity index is 768. The van der Waals surface area contributed by atoms with E-state index in [1.165, 1.54) is 12.1 Å². The van der Waals surface area contributed by atoms with Gasteiger partial charge in [0.05, 0.1) is 6.42 Å². The molecule has 0 radical (unpaired) electrons. The van der Waals surface area contributed by atoms with E-state index in [0.717, 1.165) is 0 Å². The first-order valence-corrected chi connectivity index (χ1v) is 7.21. The Morgan fingerprint density at radius 3 is 2.77 bits per heavy atom. The Balaban J connectivity index is 2.35. The van der Waals surface area contributed by atoms with Gasteiger partial charge in [-0.3, -0.25) is 9.59 Å². The molecule has 22 heavy (non-hydrogen) atoms. The maximum atomic E-state index is 11.8. The summed E-state index contributed by atoms with van der Waals surface area (Å²) in [5, 5.41) is 3.09. The quantitative estimate of drug-likeness (QED) is 0.394. The summed E-state index contributed by atoms with van der Waals surface area (Å²) in [6.07, 6.45) is 0.0830. The number of hydrogen-bond donors (Lipinski definition) is 1. The van der Waals surface area contributed by atoms with Crippen LogP contribution >= 0.6 is 11.6 Å².